The van der Waals surface area contributed by atoms with Crippen molar-refractivity contribution in [3.63, 3.8) is 0 Å². The van der Waals surface area contributed by atoms with Crippen molar-refractivity contribution in [2.45, 2.75) is 20.3 Å². The summed E-state index contributed by atoms with van der Waals surface area (Å²) in [5, 5.41) is 0. The molecule has 1 aliphatic rings. The van der Waals surface area contributed by atoms with Gasteiger partial charge < -0.3 is 9.64 Å². The molecule has 0 N–H and O–H groups in total. The van der Waals surface area contributed by atoms with E-state index < -0.39 is 0 Å². The van der Waals surface area contributed by atoms with Crippen molar-refractivity contribution in [1.29, 1.82) is 0 Å². The van der Waals surface area contributed by atoms with Gasteiger partial charge in [0, 0.05) is 18.8 Å². The van der Waals surface area contributed by atoms with Crippen molar-refractivity contribution in [2.24, 2.45) is 0 Å². The third-order valence-electron chi connectivity index (χ3n) is 3.09. The molecular weight excluding hydrogens is 186 g/mol. The first-order valence-corrected chi connectivity index (χ1v) is 5.74. The van der Waals surface area contributed by atoms with Gasteiger partial charge in [-0.05, 0) is 30.5 Å². The maximum Gasteiger partial charge on any atom is 0.0642 e. The van der Waals surface area contributed by atoms with Crippen LogP contribution < -0.4 is 4.90 Å². The van der Waals surface area contributed by atoms with Crippen LogP contribution in [0, 0.1) is 6.92 Å². The molecule has 0 aromatic heterocycles. The molecule has 0 saturated carbocycles. The molecule has 0 amide bonds. The molecule has 0 atom stereocenters. The summed E-state index contributed by atoms with van der Waals surface area (Å²) in [7, 11) is 0. The molecule has 1 heterocycles. The predicted octanol–water partition coefficient (Wildman–Crippen LogP) is 2.39. The standard InChI is InChI=1S/C13H19NO/c1-3-12-11(2)5-4-6-13(12)14-7-9-15-10-8-14/h4-6H,3,7-10H2,1-2H3. The number of nitrogens with zero attached hydrogens (tertiary/aromatic N) is 1. The van der Waals surface area contributed by atoms with Crippen LogP contribution in [-0.4, -0.2) is 26.3 Å². The van der Waals surface area contributed by atoms with Gasteiger partial charge in [-0.1, -0.05) is 19.1 Å². The molecule has 2 rings (SSSR count). The first-order chi connectivity index (χ1) is 7.33. The highest BCUT2D eigenvalue weighted by molar-refractivity contribution is 5.56. The van der Waals surface area contributed by atoms with E-state index in [9.17, 15) is 0 Å². The Hall–Kier alpha value is -1.02. The van der Waals surface area contributed by atoms with E-state index in [-0.39, 0.29) is 0 Å². The summed E-state index contributed by atoms with van der Waals surface area (Å²) < 4.78 is 5.38. The summed E-state index contributed by atoms with van der Waals surface area (Å²) in [5.41, 5.74) is 4.29. The molecule has 2 nitrogen and oxygen atoms in total. The van der Waals surface area contributed by atoms with Gasteiger partial charge in [0.2, 0.25) is 0 Å². The Morgan fingerprint density at radius 3 is 2.67 bits per heavy atom. The van der Waals surface area contributed by atoms with E-state index in [2.05, 4.69) is 36.9 Å². The number of morpholine rings is 1. The number of ether oxygens (including phenoxy) is 1. The third kappa shape index (κ3) is 2.15. The van der Waals surface area contributed by atoms with Gasteiger partial charge in [-0.15, -0.1) is 0 Å². The van der Waals surface area contributed by atoms with Gasteiger partial charge in [0.25, 0.3) is 0 Å². The van der Waals surface area contributed by atoms with Gasteiger partial charge >= 0.3 is 0 Å². The fourth-order valence-corrected chi connectivity index (χ4v) is 2.25. The average molecular weight is 205 g/mol. The molecule has 1 aromatic carbocycles. The first kappa shape index (κ1) is 10.5. The van der Waals surface area contributed by atoms with E-state index in [0.717, 1.165) is 32.7 Å². The van der Waals surface area contributed by atoms with E-state index in [1.165, 1.54) is 16.8 Å². The minimum atomic E-state index is 0.858. The number of rotatable bonds is 2. The SMILES string of the molecule is CCc1c(C)cccc1N1CCOCC1. The number of anilines is 1. The van der Waals surface area contributed by atoms with E-state index in [4.69, 9.17) is 4.74 Å². The van der Waals surface area contributed by atoms with Gasteiger partial charge in [-0.2, -0.15) is 0 Å². The van der Waals surface area contributed by atoms with Crippen LogP contribution in [0.3, 0.4) is 0 Å². The lowest BCUT2D eigenvalue weighted by atomic mass is 10.0. The Morgan fingerprint density at radius 1 is 1.27 bits per heavy atom. The molecule has 15 heavy (non-hydrogen) atoms. The zero-order valence-electron chi connectivity index (χ0n) is 9.62. The molecule has 1 saturated heterocycles. The Kier molecular flexibility index (Phi) is 3.27. The fourth-order valence-electron chi connectivity index (χ4n) is 2.25. The minimum Gasteiger partial charge on any atom is -0.378 e. The molecule has 1 aliphatic heterocycles. The Balaban J connectivity index is 2.29. The lowest BCUT2D eigenvalue weighted by Crippen LogP contribution is -2.36. The van der Waals surface area contributed by atoms with Gasteiger partial charge in [0.1, 0.15) is 0 Å². The predicted molar refractivity (Wildman–Crippen MR) is 63.6 cm³/mol. The van der Waals surface area contributed by atoms with Crippen LogP contribution in [0.1, 0.15) is 18.1 Å². The van der Waals surface area contributed by atoms with Crippen molar-refractivity contribution in [3.05, 3.63) is 29.3 Å². The zero-order valence-corrected chi connectivity index (χ0v) is 9.62. The molecule has 0 unspecified atom stereocenters. The highest BCUT2D eigenvalue weighted by Gasteiger charge is 2.14. The minimum absolute atomic E-state index is 0.858. The highest BCUT2D eigenvalue weighted by Crippen LogP contribution is 2.24. The third-order valence-corrected chi connectivity index (χ3v) is 3.09. The van der Waals surface area contributed by atoms with E-state index >= 15 is 0 Å². The van der Waals surface area contributed by atoms with Gasteiger partial charge in [-0.25, -0.2) is 0 Å². The van der Waals surface area contributed by atoms with Crippen LogP contribution >= 0.6 is 0 Å². The van der Waals surface area contributed by atoms with Crippen LogP contribution in [0.15, 0.2) is 18.2 Å². The number of aryl methyl sites for hydroxylation is 1. The normalized spacial score (nSPS) is 16.8. The number of hydrogen-bond donors (Lipinski definition) is 0. The quantitative estimate of drug-likeness (QED) is 0.735. The number of hydrogen-bond acceptors (Lipinski definition) is 2. The Labute approximate surface area is 91.9 Å². The van der Waals surface area contributed by atoms with Gasteiger partial charge in [0.05, 0.1) is 13.2 Å². The second-order valence-corrected chi connectivity index (χ2v) is 4.03. The first-order valence-electron chi connectivity index (χ1n) is 5.74. The molecule has 0 radical (unpaired) electrons. The molecule has 2 heteroatoms. The zero-order chi connectivity index (χ0) is 10.7. The summed E-state index contributed by atoms with van der Waals surface area (Å²) in [5.74, 6) is 0. The summed E-state index contributed by atoms with van der Waals surface area (Å²) in [4.78, 5) is 2.44. The molecule has 1 fully saturated rings. The van der Waals surface area contributed by atoms with Crippen molar-refractivity contribution in [2.75, 3.05) is 31.2 Å². The molecule has 0 bridgehead atoms. The van der Waals surface area contributed by atoms with Crippen LogP contribution in [0.2, 0.25) is 0 Å². The van der Waals surface area contributed by atoms with Crippen molar-refractivity contribution < 1.29 is 4.74 Å². The second kappa shape index (κ2) is 4.67. The molecule has 82 valence electrons. The maximum absolute atomic E-state index is 5.38. The Morgan fingerprint density at radius 2 is 2.00 bits per heavy atom. The van der Waals surface area contributed by atoms with Crippen molar-refractivity contribution >= 4 is 5.69 Å². The van der Waals surface area contributed by atoms with Crippen LogP contribution in [0.5, 0.6) is 0 Å². The Bertz CT molecular complexity index is 329. The smallest absolute Gasteiger partial charge is 0.0642 e. The topological polar surface area (TPSA) is 12.5 Å². The molecule has 1 aromatic rings. The van der Waals surface area contributed by atoms with Crippen molar-refractivity contribution in [1.82, 2.24) is 0 Å². The fraction of sp³-hybridized carbons (Fsp3) is 0.538. The van der Waals surface area contributed by atoms with Crippen LogP contribution in [0.4, 0.5) is 5.69 Å². The van der Waals surface area contributed by atoms with Gasteiger partial charge in [0.15, 0.2) is 0 Å². The molecular formula is C13H19NO. The number of benzene rings is 1. The monoisotopic (exact) mass is 205 g/mol. The van der Waals surface area contributed by atoms with Crippen molar-refractivity contribution in [3.8, 4) is 0 Å². The second-order valence-electron chi connectivity index (χ2n) is 4.03. The summed E-state index contributed by atoms with van der Waals surface area (Å²) in [6, 6.07) is 6.58. The van der Waals surface area contributed by atoms with Crippen LogP contribution in [-0.2, 0) is 11.2 Å². The molecule has 0 aliphatic carbocycles. The van der Waals surface area contributed by atoms with E-state index in [0.29, 0.717) is 0 Å². The largest absolute Gasteiger partial charge is 0.378 e. The van der Waals surface area contributed by atoms with Gasteiger partial charge in [-0.3, -0.25) is 0 Å². The lowest BCUT2D eigenvalue weighted by Gasteiger charge is -2.31. The maximum atomic E-state index is 5.38. The van der Waals surface area contributed by atoms with Crippen LogP contribution in [0.25, 0.3) is 0 Å². The summed E-state index contributed by atoms with van der Waals surface area (Å²) in [6.45, 7) is 8.19. The summed E-state index contributed by atoms with van der Waals surface area (Å²) >= 11 is 0. The van der Waals surface area contributed by atoms with E-state index in [1.807, 2.05) is 0 Å². The molecule has 0 spiro atoms. The highest BCUT2D eigenvalue weighted by atomic mass is 16.5. The lowest BCUT2D eigenvalue weighted by molar-refractivity contribution is 0.122. The van der Waals surface area contributed by atoms with E-state index in [1.54, 1.807) is 0 Å². The summed E-state index contributed by atoms with van der Waals surface area (Å²) in [6.07, 6.45) is 1.11. The average Bonchev–Trinajstić information content (AvgIpc) is 2.30.